The quantitative estimate of drug-likeness (QED) is 0.293. The maximum Gasteiger partial charge on any atom is 0.264 e. The fourth-order valence-corrected chi connectivity index (χ4v) is 1.09. The summed E-state index contributed by atoms with van der Waals surface area (Å²) in [5.74, 6) is -0.216. The van der Waals surface area contributed by atoms with E-state index in [9.17, 15) is 8.42 Å². The molecule has 0 aliphatic carbocycles. The van der Waals surface area contributed by atoms with Crippen molar-refractivity contribution in [2.45, 2.75) is 19.5 Å². The molecular weight excluding hydrogens is 168 g/mol. The maximum absolute atomic E-state index is 10.2. The molecule has 1 unspecified atom stereocenters. The summed E-state index contributed by atoms with van der Waals surface area (Å²) < 4.78 is 28.6. The smallest absolute Gasteiger partial charge is 0.264 e. The molecule has 0 bridgehead atoms. The van der Waals surface area contributed by atoms with Crippen LogP contribution in [0.3, 0.4) is 0 Å². The van der Waals surface area contributed by atoms with Crippen LogP contribution in [0.2, 0.25) is 0 Å². The minimum atomic E-state index is -3.80. The normalized spacial score (nSPS) is 14.8. The number of hydrogen-bond acceptors (Lipinski definition) is 4. The second-order valence-electron chi connectivity index (χ2n) is 2.38. The fourth-order valence-electron chi connectivity index (χ4n) is 0.584. The average molecular weight is 182 g/mol. The van der Waals surface area contributed by atoms with E-state index in [0.29, 0.717) is 13.0 Å². The zero-order valence-electron chi connectivity index (χ0n) is 6.45. The van der Waals surface area contributed by atoms with Crippen LogP contribution in [-0.4, -0.2) is 31.4 Å². The van der Waals surface area contributed by atoms with Crippen molar-refractivity contribution >= 4 is 10.1 Å². The second-order valence-corrected chi connectivity index (χ2v) is 3.95. The zero-order chi connectivity index (χ0) is 8.91. The van der Waals surface area contributed by atoms with E-state index in [1.165, 1.54) is 0 Å². The van der Waals surface area contributed by atoms with Gasteiger partial charge >= 0.3 is 0 Å². The van der Waals surface area contributed by atoms with Crippen LogP contribution in [0.1, 0.15) is 13.3 Å². The number of rotatable bonds is 5. The van der Waals surface area contributed by atoms with Gasteiger partial charge < -0.3 is 11.1 Å². The van der Waals surface area contributed by atoms with E-state index >= 15 is 0 Å². The highest BCUT2D eigenvalue weighted by molar-refractivity contribution is 7.85. The Hall–Kier alpha value is -0.170. The van der Waals surface area contributed by atoms with Crippen molar-refractivity contribution in [2.24, 2.45) is 5.73 Å². The minimum absolute atomic E-state index is 0.142. The van der Waals surface area contributed by atoms with Gasteiger partial charge in [0.1, 0.15) is 0 Å². The largest absolute Gasteiger partial charge is 0.316 e. The molecular formula is C5H14N2O3S. The molecule has 0 saturated heterocycles. The van der Waals surface area contributed by atoms with Crippen molar-refractivity contribution < 1.29 is 13.0 Å². The molecule has 0 aromatic heterocycles. The molecule has 0 spiro atoms. The molecule has 68 valence electrons. The molecule has 0 saturated carbocycles. The zero-order valence-corrected chi connectivity index (χ0v) is 7.26. The Morgan fingerprint density at radius 3 is 2.55 bits per heavy atom. The molecule has 0 fully saturated rings. The third kappa shape index (κ3) is 9.83. The van der Waals surface area contributed by atoms with Crippen molar-refractivity contribution in [1.29, 1.82) is 0 Å². The predicted octanol–water partition coefficient (Wildman–Crippen LogP) is -0.841. The van der Waals surface area contributed by atoms with Crippen molar-refractivity contribution in [3.8, 4) is 0 Å². The van der Waals surface area contributed by atoms with Gasteiger partial charge in [0.05, 0.1) is 11.9 Å². The summed E-state index contributed by atoms with van der Waals surface area (Å²) >= 11 is 0. The molecule has 0 aliphatic heterocycles. The summed E-state index contributed by atoms with van der Waals surface area (Å²) in [6.45, 7) is 2.25. The molecule has 0 aromatic rings. The van der Waals surface area contributed by atoms with Gasteiger partial charge in [0.25, 0.3) is 10.1 Å². The van der Waals surface area contributed by atoms with Crippen LogP contribution in [0, 0.1) is 0 Å². The van der Waals surface area contributed by atoms with Crippen LogP contribution in [0.15, 0.2) is 0 Å². The van der Waals surface area contributed by atoms with E-state index in [0.717, 1.165) is 0 Å². The molecule has 5 nitrogen and oxygen atoms in total. The molecule has 6 heteroatoms. The Morgan fingerprint density at radius 2 is 2.18 bits per heavy atom. The SMILES string of the molecule is CC(N)NCCCS(=O)(=O)O. The highest BCUT2D eigenvalue weighted by atomic mass is 32.2. The van der Waals surface area contributed by atoms with Gasteiger partial charge in [0, 0.05) is 0 Å². The molecule has 0 heterocycles. The Balaban J connectivity index is 3.30. The number of hydrogen-bond donors (Lipinski definition) is 3. The lowest BCUT2D eigenvalue weighted by molar-refractivity contribution is 0.477. The topological polar surface area (TPSA) is 92.4 Å². The summed E-state index contributed by atoms with van der Waals surface area (Å²) in [7, 11) is -3.80. The standard InChI is InChI=1S/C5H14N2O3S/c1-5(6)7-3-2-4-11(8,9)10/h5,7H,2-4,6H2,1H3,(H,8,9,10). The summed E-state index contributed by atoms with van der Waals surface area (Å²) in [5, 5.41) is 2.82. The van der Waals surface area contributed by atoms with Crippen molar-refractivity contribution in [3.63, 3.8) is 0 Å². The molecule has 0 radical (unpaired) electrons. The van der Waals surface area contributed by atoms with E-state index < -0.39 is 10.1 Å². The minimum Gasteiger partial charge on any atom is -0.316 e. The highest BCUT2D eigenvalue weighted by Gasteiger charge is 2.02. The Bertz CT molecular complexity index is 188. The second kappa shape index (κ2) is 4.66. The van der Waals surface area contributed by atoms with Crippen LogP contribution >= 0.6 is 0 Å². The Kier molecular flexibility index (Phi) is 4.58. The van der Waals surface area contributed by atoms with Gasteiger partial charge in [-0.05, 0) is 19.9 Å². The van der Waals surface area contributed by atoms with E-state index in [-0.39, 0.29) is 11.9 Å². The van der Waals surface area contributed by atoms with Crippen LogP contribution in [0.4, 0.5) is 0 Å². The number of nitrogens with one attached hydrogen (secondary N) is 1. The lowest BCUT2D eigenvalue weighted by atomic mass is 10.4. The average Bonchev–Trinajstić information content (AvgIpc) is 1.78. The molecule has 11 heavy (non-hydrogen) atoms. The third-order valence-corrected chi connectivity index (χ3v) is 1.85. The summed E-state index contributed by atoms with van der Waals surface area (Å²) in [6.07, 6.45) is 0.233. The van der Waals surface area contributed by atoms with Gasteiger partial charge in [0.2, 0.25) is 0 Å². The fraction of sp³-hybridized carbons (Fsp3) is 1.00. The van der Waals surface area contributed by atoms with Gasteiger partial charge in [-0.2, -0.15) is 8.42 Å². The third-order valence-electron chi connectivity index (χ3n) is 1.05. The van der Waals surface area contributed by atoms with Crippen LogP contribution in [0.5, 0.6) is 0 Å². The van der Waals surface area contributed by atoms with Crippen molar-refractivity contribution in [3.05, 3.63) is 0 Å². The first-order chi connectivity index (χ1) is 4.92. The van der Waals surface area contributed by atoms with Crippen molar-refractivity contribution in [2.75, 3.05) is 12.3 Å². The lowest BCUT2D eigenvalue weighted by Crippen LogP contribution is -2.35. The summed E-state index contributed by atoms with van der Waals surface area (Å²) in [6, 6.07) is 0. The van der Waals surface area contributed by atoms with Gasteiger partial charge in [-0.3, -0.25) is 4.55 Å². The maximum atomic E-state index is 10.2. The monoisotopic (exact) mass is 182 g/mol. The first-order valence-electron chi connectivity index (χ1n) is 3.36. The predicted molar refractivity (Wildman–Crippen MR) is 42.7 cm³/mol. The molecule has 1 atom stereocenters. The lowest BCUT2D eigenvalue weighted by Gasteiger charge is -2.06. The van der Waals surface area contributed by atoms with Gasteiger partial charge in [-0.15, -0.1) is 0 Å². The molecule has 0 rings (SSSR count). The molecule has 4 N–H and O–H groups in total. The van der Waals surface area contributed by atoms with E-state index in [4.69, 9.17) is 10.3 Å². The first-order valence-corrected chi connectivity index (χ1v) is 4.97. The highest BCUT2D eigenvalue weighted by Crippen LogP contribution is 1.86. The van der Waals surface area contributed by atoms with Gasteiger partial charge in [0.15, 0.2) is 0 Å². The Labute approximate surface area is 66.7 Å². The van der Waals surface area contributed by atoms with E-state index in [1.54, 1.807) is 6.92 Å². The summed E-state index contributed by atoms with van der Waals surface area (Å²) in [5.41, 5.74) is 5.32. The van der Waals surface area contributed by atoms with Crippen LogP contribution in [-0.2, 0) is 10.1 Å². The van der Waals surface area contributed by atoms with E-state index in [2.05, 4.69) is 5.32 Å². The molecule has 0 aromatic carbocycles. The van der Waals surface area contributed by atoms with E-state index in [1.807, 2.05) is 0 Å². The Morgan fingerprint density at radius 1 is 1.64 bits per heavy atom. The van der Waals surface area contributed by atoms with Gasteiger partial charge in [-0.25, -0.2) is 0 Å². The number of nitrogens with two attached hydrogens (primary N) is 1. The van der Waals surface area contributed by atoms with Crippen LogP contribution in [0.25, 0.3) is 0 Å². The molecule has 0 amide bonds. The molecule has 0 aliphatic rings. The first kappa shape index (κ1) is 10.8. The van der Waals surface area contributed by atoms with Gasteiger partial charge in [-0.1, -0.05) is 0 Å². The van der Waals surface area contributed by atoms with Crippen molar-refractivity contribution in [1.82, 2.24) is 5.32 Å². The van der Waals surface area contributed by atoms with Crippen LogP contribution < -0.4 is 11.1 Å². The summed E-state index contributed by atoms with van der Waals surface area (Å²) in [4.78, 5) is 0.